The van der Waals surface area contributed by atoms with Gasteiger partial charge >= 0.3 is 0 Å². The summed E-state index contributed by atoms with van der Waals surface area (Å²) in [6.07, 6.45) is 2.58. The Bertz CT molecular complexity index is 637. The number of hydrogen-bond donors (Lipinski definition) is 2. The van der Waals surface area contributed by atoms with Crippen LogP contribution in [-0.4, -0.2) is 47.6 Å². The topological polar surface area (TPSA) is 71.3 Å². The lowest BCUT2D eigenvalue weighted by atomic mass is 10.0. The number of carbonyl (C=O) groups excluding carboxylic acids is 1. The molecule has 0 radical (unpaired) electrons. The van der Waals surface area contributed by atoms with Crippen molar-refractivity contribution < 1.29 is 9.53 Å². The normalized spacial score (nSPS) is 20.7. The second kappa shape index (κ2) is 5.87. The van der Waals surface area contributed by atoms with Gasteiger partial charge in [-0.2, -0.15) is 0 Å². The van der Waals surface area contributed by atoms with Crippen LogP contribution < -0.4 is 5.73 Å². The van der Waals surface area contributed by atoms with E-state index in [2.05, 4.69) is 11.1 Å². The van der Waals surface area contributed by atoms with Crippen molar-refractivity contribution in [1.29, 1.82) is 0 Å². The largest absolute Gasteiger partial charge is 0.375 e. The first kappa shape index (κ1) is 14.1. The first-order valence-corrected chi connectivity index (χ1v) is 7.36. The van der Waals surface area contributed by atoms with Crippen LogP contribution in [0, 0.1) is 0 Å². The molecule has 5 nitrogen and oxygen atoms in total. The minimum Gasteiger partial charge on any atom is -0.375 e. The summed E-state index contributed by atoms with van der Waals surface area (Å²) in [5, 5.41) is 1.14. The van der Waals surface area contributed by atoms with Gasteiger partial charge in [-0.1, -0.05) is 18.2 Å². The fourth-order valence-electron chi connectivity index (χ4n) is 2.88. The van der Waals surface area contributed by atoms with Crippen LogP contribution in [0.15, 0.2) is 30.5 Å². The van der Waals surface area contributed by atoms with Gasteiger partial charge in [-0.25, -0.2) is 0 Å². The number of fused-ring (bicyclic) bond motifs is 1. The highest BCUT2D eigenvalue weighted by atomic mass is 16.5. The number of carbonyl (C=O) groups is 1. The molecule has 1 aliphatic rings. The Kier molecular flexibility index (Phi) is 3.94. The van der Waals surface area contributed by atoms with E-state index in [0.717, 1.165) is 16.5 Å². The maximum Gasteiger partial charge on any atom is 0.239 e. The molecule has 1 fully saturated rings. The van der Waals surface area contributed by atoms with Crippen LogP contribution in [0.1, 0.15) is 12.5 Å². The number of ether oxygens (including phenoxy) is 1. The number of nitrogens with one attached hydrogen (secondary N) is 1. The van der Waals surface area contributed by atoms with Gasteiger partial charge < -0.3 is 20.4 Å². The number of rotatable bonds is 3. The van der Waals surface area contributed by atoms with Gasteiger partial charge in [0, 0.05) is 30.2 Å². The second-order valence-corrected chi connectivity index (χ2v) is 5.64. The Morgan fingerprint density at radius 3 is 3.14 bits per heavy atom. The standard InChI is InChI=1S/C16H21N3O2/c1-11-10-19(6-7-21-11)16(20)14(17)8-12-9-18-15-5-3-2-4-13(12)15/h2-5,9,11,14,18H,6-8,10,17H2,1H3/t11?,14-/m0/s1. The Hall–Kier alpha value is -1.85. The Morgan fingerprint density at radius 1 is 1.52 bits per heavy atom. The molecule has 21 heavy (non-hydrogen) atoms. The quantitative estimate of drug-likeness (QED) is 0.893. The fraction of sp³-hybridized carbons (Fsp3) is 0.438. The van der Waals surface area contributed by atoms with E-state index in [9.17, 15) is 4.79 Å². The molecule has 1 aromatic heterocycles. The number of nitrogens with zero attached hydrogens (tertiary/aromatic N) is 1. The van der Waals surface area contributed by atoms with Crippen molar-refractivity contribution in [2.24, 2.45) is 5.73 Å². The Labute approximate surface area is 124 Å². The van der Waals surface area contributed by atoms with Gasteiger partial charge in [0.2, 0.25) is 5.91 Å². The maximum absolute atomic E-state index is 12.4. The van der Waals surface area contributed by atoms with Crippen LogP contribution in [0.3, 0.4) is 0 Å². The molecule has 2 atom stereocenters. The van der Waals surface area contributed by atoms with Gasteiger partial charge in [-0.05, 0) is 25.0 Å². The Morgan fingerprint density at radius 2 is 2.33 bits per heavy atom. The van der Waals surface area contributed by atoms with Gasteiger partial charge in [-0.3, -0.25) is 4.79 Å². The predicted octanol–water partition coefficient (Wildman–Crippen LogP) is 1.28. The van der Waals surface area contributed by atoms with E-state index in [4.69, 9.17) is 10.5 Å². The predicted molar refractivity (Wildman–Crippen MR) is 82.0 cm³/mol. The summed E-state index contributed by atoms with van der Waals surface area (Å²) in [7, 11) is 0. The molecule has 0 bridgehead atoms. The van der Waals surface area contributed by atoms with E-state index in [1.165, 1.54) is 0 Å². The molecule has 0 aliphatic carbocycles. The highest BCUT2D eigenvalue weighted by molar-refractivity contribution is 5.86. The third-order valence-electron chi connectivity index (χ3n) is 3.98. The molecule has 5 heteroatoms. The van der Waals surface area contributed by atoms with Crippen molar-refractivity contribution in [3.8, 4) is 0 Å². The Balaban J connectivity index is 1.70. The van der Waals surface area contributed by atoms with E-state index in [-0.39, 0.29) is 12.0 Å². The number of para-hydroxylation sites is 1. The summed E-state index contributed by atoms with van der Waals surface area (Å²) in [6.45, 7) is 3.82. The SMILES string of the molecule is CC1CN(C(=O)[C@@H](N)Cc2c[nH]c3ccccc23)CCO1. The number of aromatic amines is 1. The van der Waals surface area contributed by atoms with Crippen molar-refractivity contribution in [3.63, 3.8) is 0 Å². The molecule has 112 valence electrons. The molecule has 2 heterocycles. The third kappa shape index (κ3) is 2.94. The van der Waals surface area contributed by atoms with Gasteiger partial charge in [0.05, 0.1) is 18.8 Å². The summed E-state index contributed by atoms with van der Waals surface area (Å²) >= 11 is 0. The number of benzene rings is 1. The number of H-pyrrole nitrogens is 1. The minimum absolute atomic E-state index is 0.00966. The average molecular weight is 287 g/mol. The monoisotopic (exact) mass is 287 g/mol. The molecule has 2 aromatic rings. The summed E-state index contributed by atoms with van der Waals surface area (Å²) < 4.78 is 5.46. The third-order valence-corrected chi connectivity index (χ3v) is 3.98. The van der Waals surface area contributed by atoms with Crippen LogP contribution in [0.25, 0.3) is 10.9 Å². The average Bonchev–Trinajstić information content (AvgIpc) is 2.90. The molecular formula is C16H21N3O2. The van der Waals surface area contributed by atoms with E-state index in [0.29, 0.717) is 26.1 Å². The molecule has 1 saturated heterocycles. The molecule has 0 spiro atoms. The number of hydrogen-bond acceptors (Lipinski definition) is 3. The van der Waals surface area contributed by atoms with Gasteiger partial charge in [0.25, 0.3) is 0 Å². The summed E-state index contributed by atoms with van der Waals surface area (Å²) in [5.74, 6) is 0.00966. The maximum atomic E-state index is 12.4. The molecule has 3 N–H and O–H groups in total. The van der Waals surface area contributed by atoms with Crippen LogP contribution in [0.5, 0.6) is 0 Å². The number of nitrogens with two attached hydrogens (primary N) is 1. The summed E-state index contributed by atoms with van der Waals surface area (Å²) in [4.78, 5) is 17.5. The molecule has 1 unspecified atom stereocenters. The van der Waals surface area contributed by atoms with Crippen molar-refractivity contribution in [2.75, 3.05) is 19.7 Å². The molecule has 1 amide bonds. The lowest BCUT2D eigenvalue weighted by Gasteiger charge is -2.32. The van der Waals surface area contributed by atoms with E-state index in [1.54, 1.807) is 0 Å². The lowest BCUT2D eigenvalue weighted by Crippen LogP contribution is -2.51. The zero-order chi connectivity index (χ0) is 14.8. The zero-order valence-corrected chi connectivity index (χ0v) is 12.2. The first-order valence-electron chi connectivity index (χ1n) is 7.36. The van der Waals surface area contributed by atoms with Gasteiger partial charge in [0.15, 0.2) is 0 Å². The van der Waals surface area contributed by atoms with Crippen LogP contribution in [-0.2, 0) is 16.0 Å². The van der Waals surface area contributed by atoms with E-state index < -0.39 is 6.04 Å². The molecule has 3 rings (SSSR count). The van der Waals surface area contributed by atoms with Crippen LogP contribution in [0.2, 0.25) is 0 Å². The summed E-state index contributed by atoms with van der Waals surface area (Å²) in [5.41, 5.74) is 8.30. The number of amides is 1. The smallest absolute Gasteiger partial charge is 0.239 e. The van der Waals surface area contributed by atoms with Crippen molar-refractivity contribution in [1.82, 2.24) is 9.88 Å². The van der Waals surface area contributed by atoms with Crippen molar-refractivity contribution in [3.05, 3.63) is 36.0 Å². The molecule has 1 aliphatic heterocycles. The lowest BCUT2D eigenvalue weighted by molar-refractivity contribution is -0.139. The second-order valence-electron chi connectivity index (χ2n) is 5.64. The van der Waals surface area contributed by atoms with Crippen LogP contribution in [0.4, 0.5) is 0 Å². The number of aromatic nitrogens is 1. The van der Waals surface area contributed by atoms with Crippen molar-refractivity contribution >= 4 is 16.8 Å². The first-order chi connectivity index (χ1) is 10.1. The van der Waals surface area contributed by atoms with E-state index in [1.807, 2.05) is 36.2 Å². The molecule has 0 saturated carbocycles. The highest BCUT2D eigenvalue weighted by Gasteiger charge is 2.26. The zero-order valence-electron chi connectivity index (χ0n) is 12.2. The van der Waals surface area contributed by atoms with Gasteiger partial charge in [-0.15, -0.1) is 0 Å². The summed E-state index contributed by atoms with van der Waals surface area (Å²) in [6, 6.07) is 7.55. The molecular weight excluding hydrogens is 266 g/mol. The molecule has 1 aromatic carbocycles. The highest BCUT2D eigenvalue weighted by Crippen LogP contribution is 2.19. The van der Waals surface area contributed by atoms with Gasteiger partial charge in [0.1, 0.15) is 0 Å². The van der Waals surface area contributed by atoms with E-state index >= 15 is 0 Å². The fourth-order valence-corrected chi connectivity index (χ4v) is 2.88. The number of morpholine rings is 1. The minimum atomic E-state index is -0.505. The van der Waals surface area contributed by atoms with Crippen LogP contribution >= 0.6 is 0 Å². The van der Waals surface area contributed by atoms with Crippen molar-refractivity contribution in [2.45, 2.75) is 25.5 Å².